The molecule has 0 bridgehead atoms. The number of hydrogen-bond acceptors (Lipinski definition) is 2. The Morgan fingerprint density at radius 3 is 2.65 bits per heavy atom. The van der Waals surface area contributed by atoms with Crippen molar-refractivity contribution in [1.29, 1.82) is 0 Å². The van der Waals surface area contributed by atoms with E-state index in [1.807, 2.05) is 36.4 Å². The molecule has 2 aromatic carbocycles. The van der Waals surface area contributed by atoms with E-state index in [1.54, 1.807) is 18.2 Å². The standard InChI is InChI=1S/C16H16ClNO2/c17-10-5-11-20-15-9-4-8-14(12-15)18-16(19)13-6-2-1-3-7-13/h1-4,6-9,12H,5,10-11H2,(H,18,19). The van der Waals surface area contributed by atoms with Gasteiger partial charge in [0.15, 0.2) is 0 Å². The monoisotopic (exact) mass is 289 g/mol. The Balaban J connectivity index is 1.99. The van der Waals surface area contributed by atoms with Crippen molar-refractivity contribution in [2.45, 2.75) is 6.42 Å². The van der Waals surface area contributed by atoms with E-state index < -0.39 is 0 Å². The molecule has 1 N–H and O–H groups in total. The third kappa shape index (κ3) is 4.28. The summed E-state index contributed by atoms with van der Waals surface area (Å²) in [5, 5.41) is 2.84. The van der Waals surface area contributed by atoms with E-state index in [2.05, 4.69) is 5.32 Å². The van der Waals surface area contributed by atoms with Crippen molar-refractivity contribution in [3.8, 4) is 5.75 Å². The molecule has 0 atom stereocenters. The number of carbonyl (C=O) groups is 1. The fourth-order valence-electron chi connectivity index (χ4n) is 1.70. The summed E-state index contributed by atoms with van der Waals surface area (Å²) < 4.78 is 5.54. The van der Waals surface area contributed by atoms with Crippen LogP contribution in [-0.4, -0.2) is 18.4 Å². The highest BCUT2D eigenvalue weighted by Gasteiger charge is 2.05. The molecule has 0 saturated heterocycles. The van der Waals surface area contributed by atoms with E-state index in [0.29, 0.717) is 23.7 Å². The minimum absolute atomic E-state index is 0.136. The van der Waals surface area contributed by atoms with Crippen LogP contribution in [-0.2, 0) is 0 Å². The topological polar surface area (TPSA) is 38.3 Å². The Bertz CT molecular complexity index is 557. The average Bonchev–Trinajstić information content (AvgIpc) is 2.49. The molecule has 0 saturated carbocycles. The maximum atomic E-state index is 12.0. The van der Waals surface area contributed by atoms with Crippen LogP contribution in [0.4, 0.5) is 5.69 Å². The van der Waals surface area contributed by atoms with E-state index in [9.17, 15) is 4.79 Å². The summed E-state index contributed by atoms with van der Waals surface area (Å²) in [5.74, 6) is 1.16. The lowest BCUT2D eigenvalue weighted by molar-refractivity contribution is 0.102. The maximum Gasteiger partial charge on any atom is 0.255 e. The molecule has 0 aliphatic heterocycles. The summed E-state index contributed by atoms with van der Waals surface area (Å²) >= 11 is 5.60. The van der Waals surface area contributed by atoms with Gasteiger partial charge < -0.3 is 10.1 Å². The number of rotatable bonds is 6. The summed E-state index contributed by atoms with van der Waals surface area (Å²) in [4.78, 5) is 12.0. The molecule has 0 unspecified atom stereocenters. The third-order valence-electron chi connectivity index (χ3n) is 2.67. The van der Waals surface area contributed by atoms with E-state index in [-0.39, 0.29) is 5.91 Å². The van der Waals surface area contributed by atoms with Crippen molar-refractivity contribution >= 4 is 23.2 Å². The van der Waals surface area contributed by atoms with Gasteiger partial charge in [-0.05, 0) is 30.7 Å². The molecule has 20 heavy (non-hydrogen) atoms. The number of nitrogens with one attached hydrogen (secondary N) is 1. The predicted molar refractivity (Wildman–Crippen MR) is 81.7 cm³/mol. The van der Waals surface area contributed by atoms with Gasteiger partial charge in [0, 0.05) is 23.2 Å². The molecule has 0 spiro atoms. The van der Waals surface area contributed by atoms with Crippen LogP contribution in [0.15, 0.2) is 54.6 Å². The van der Waals surface area contributed by atoms with Gasteiger partial charge in [-0.3, -0.25) is 4.79 Å². The lowest BCUT2D eigenvalue weighted by atomic mass is 10.2. The second kappa shape index (κ2) is 7.56. The van der Waals surface area contributed by atoms with Crippen molar-refractivity contribution in [2.75, 3.05) is 17.8 Å². The van der Waals surface area contributed by atoms with Crippen LogP contribution in [0.25, 0.3) is 0 Å². The number of carbonyl (C=O) groups excluding carboxylic acids is 1. The van der Waals surface area contributed by atoms with Crippen LogP contribution < -0.4 is 10.1 Å². The van der Waals surface area contributed by atoms with Crippen molar-refractivity contribution in [3.05, 3.63) is 60.2 Å². The van der Waals surface area contributed by atoms with E-state index in [0.717, 1.165) is 12.2 Å². The quantitative estimate of drug-likeness (QED) is 0.646. The molecule has 0 aliphatic rings. The molecule has 2 rings (SSSR count). The molecular formula is C16H16ClNO2. The number of benzene rings is 2. The molecule has 0 radical (unpaired) electrons. The molecule has 104 valence electrons. The Morgan fingerprint density at radius 2 is 1.90 bits per heavy atom. The normalized spacial score (nSPS) is 10.1. The second-order valence-electron chi connectivity index (χ2n) is 4.24. The second-order valence-corrected chi connectivity index (χ2v) is 4.62. The third-order valence-corrected chi connectivity index (χ3v) is 2.94. The molecule has 0 aromatic heterocycles. The van der Waals surface area contributed by atoms with E-state index in [1.165, 1.54) is 0 Å². The summed E-state index contributed by atoms with van der Waals surface area (Å²) in [7, 11) is 0. The summed E-state index contributed by atoms with van der Waals surface area (Å²) in [6.07, 6.45) is 0.794. The van der Waals surface area contributed by atoms with Gasteiger partial charge in [0.05, 0.1) is 6.61 Å². The zero-order chi connectivity index (χ0) is 14.2. The summed E-state index contributed by atoms with van der Waals surface area (Å²) in [6.45, 7) is 0.569. The van der Waals surface area contributed by atoms with Gasteiger partial charge in [0.25, 0.3) is 5.91 Å². The first-order valence-electron chi connectivity index (χ1n) is 6.45. The van der Waals surface area contributed by atoms with Crippen LogP contribution >= 0.6 is 11.6 Å². The van der Waals surface area contributed by atoms with E-state index >= 15 is 0 Å². The van der Waals surface area contributed by atoms with E-state index in [4.69, 9.17) is 16.3 Å². The molecule has 0 aliphatic carbocycles. The van der Waals surface area contributed by atoms with Gasteiger partial charge in [-0.15, -0.1) is 11.6 Å². The number of anilines is 1. The fraction of sp³-hybridized carbons (Fsp3) is 0.188. The first kappa shape index (κ1) is 14.4. The highest BCUT2D eigenvalue weighted by molar-refractivity contribution is 6.17. The van der Waals surface area contributed by atoms with Crippen molar-refractivity contribution < 1.29 is 9.53 Å². The highest BCUT2D eigenvalue weighted by Crippen LogP contribution is 2.18. The minimum atomic E-state index is -0.136. The average molecular weight is 290 g/mol. The zero-order valence-corrected chi connectivity index (χ0v) is 11.8. The Kier molecular flexibility index (Phi) is 5.44. The van der Waals surface area contributed by atoms with Crippen LogP contribution in [0.5, 0.6) is 5.75 Å². The largest absolute Gasteiger partial charge is 0.493 e. The molecular weight excluding hydrogens is 274 g/mol. The first-order chi connectivity index (χ1) is 9.79. The van der Waals surface area contributed by atoms with Crippen molar-refractivity contribution in [2.24, 2.45) is 0 Å². The first-order valence-corrected chi connectivity index (χ1v) is 6.98. The van der Waals surface area contributed by atoms with Gasteiger partial charge in [0.1, 0.15) is 5.75 Å². The highest BCUT2D eigenvalue weighted by atomic mass is 35.5. The molecule has 2 aromatic rings. The maximum absolute atomic E-state index is 12.0. The smallest absolute Gasteiger partial charge is 0.255 e. The molecule has 0 heterocycles. The summed E-state index contributed by atoms with van der Waals surface area (Å²) in [6, 6.07) is 16.4. The number of alkyl halides is 1. The molecule has 4 heteroatoms. The Hall–Kier alpha value is -2.00. The van der Waals surface area contributed by atoms with Crippen molar-refractivity contribution in [1.82, 2.24) is 0 Å². The number of amides is 1. The van der Waals surface area contributed by atoms with Gasteiger partial charge in [-0.25, -0.2) is 0 Å². The van der Waals surface area contributed by atoms with Gasteiger partial charge in [-0.2, -0.15) is 0 Å². The van der Waals surface area contributed by atoms with Crippen molar-refractivity contribution in [3.63, 3.8) is 0 Å². The summed E-state index contributed by atoms with van der Waals surface area (Å²) in [5.41, 5.74) is 1.34. The zero-order valence-electron chi connectivity index (χ0n) is 11.0. The van der Waals surface area contributed by atoms with Crippen LogP contribution in [0.3, 0.4) is 0 Å². The lowest BCUT2D eigenvalue weighted by Crippen LogP contribution is -2.11. The molecule has 1 amide bonds. The fourth-order valence-corrected chi connectivity index (χ4v) is 1.81. The van der Waals surface area contributed by atoms with Gasteiger partial charge >= 0.3 is 0 Å². The lowest BCUT2D eigenvalue weighted by Gasteiger charge is -2.08. The Labute approximate surface area is 123 Å². The van der Waals surface area contributed by atoms with Crippen LogP contribution in [0.2, 0.25) is 0 Å². The number of halogens is 1. The van der Waals surface area contributed by atoms with Crippen LogP contribution in [0, 0.1) is 0 Å². The number of hydrogen-bond donors (Lipinski definition) is 1. The SMILES string of the molecule is O=C(Nc1cccc(OCCCCl)c1)c1ccccc1. The van der Waals surface area contributed by atoms with Crippen LogP contribution in [0.1, 0.15) is 16.8 Å². The number of ether oxygens (including phenoxy) is 1. The Morgan fingerprint density at radius 1 is 1.10 bits per heavy atom. The molecule has 0 fully saturated rings. The predicted octanol–water partition coefficient (Wildman–Crippen LogP) is 3.95. The van der Waals surface area contributed by atoms with Gasteiger partial charge in [0.2, 0.25) is 0 Å². The molecule has 3 nitrogen and oxygen atoms in total. The minimum Gasteiger partial charge on any atom is -0.493 e. The van der Waals surface area contributed by atoms with Gasteiger partial charge in [-0.1, -0.05) is 24.3 Å².